The zero-order valence-corrected chi connectivity index (χ0v) is 12.5. The standard InChI is InChI=1S/C12H15BrN2O2S/c1-2-15(7-9-3-4-10(13)18-9)12(17)8-5-11(16)14-6-8/h3-4,8H,2,5-7H2,1H3,(H,14,16). The Labute approximate surface area is 118 Å². The van der Waals surface area contributed by atoms with Gasteiger partial charge in [-0.3, -0.25) is 9.59 Å². The molecule has 0 saturated carbocycles. The first-order valence-corrected chi connectivity index (χ1v) is 7.50. The van der Waals surface area contributed by atoms with Crippen LogP contribution in [0.15, 0.2) is 15.9 Å². The minimum atomic E-state index is -0.194. The molecule has 0 aliphatic carbocycles. The zero-order chi connectivity index (χ0) is 13.1. The quantitative estimate of drug-likeness (QED) is 0.917. The van der Waals surface area contributed by atoms with E-state index in [9.17, 15) is 9.59 Å². The fraction of sp³-hybridized carbons (Fsp3) is 0.500. The van der Waals surface area contributed by atoms with E-state index >= 15 is 0 Å². The molecule has 1 aliphatic heterocycles. The molecule has 1 aliphatic rings. The van der Waals surface area contributed by atoms with Gasteiger partial charge in [0.25, 0.3) is 0 Å². The average molecular weight is 331 g/mol. The molecule has 1 saturated heterocycles. The van der Waals surface area contributed by atoms with Crippen LogP contribution in [0, 0.1) is 5.92 Å². The molecule has 4 nitrogen and oxygen atoms in total. The van der Waals surface area contributed by atoms with E-state index in [1.54, 1.807) is 11.3 Å². The van der Waals surface area contributed by atoms with Crippen molar-refractivity contribution in [2.75, 3.05) is 13.1 Å². The highest BCUT2D eigenvalue weighted by molar-refractivity contribution is 9.11. The van der Waals surface area contributed by atoms with Crippen molar-refractivity contribution in [2.24, 2.45) is 5.92 Å². The van der Waals surface area contributed by atoms with Crippen LogP contribution in [-0.4, -0.2) is 29.8 Å². The topological polar surface area (TPSA) is 49.4 Å². The normalized spacial score (nSPS) is 18.8. The van der Waals surface area contributed by atoms with Crippen molar-refractivity contribution in [2.45, 2.75) is 19.9 Å². The molecule has 0 bridgehead atoms. The molecule has 18 heavy (non-hydrogen) atoms. The smallest absolute Gasteiger partial charge is 0.228 e. The summed E-state index contributed by atoms with van der Waals surface area (Å²) in [4.78, 5) is 26.4. The van der Waals surface area contributed by atoms with Crippen LogP contribution < -0.4 is 5.32 Å². The lowest BCUT2D eigenvalue weighted by Gasteiger charge is -2.22. The zero-order valence-electron chi connectivity index (χ0n) is 10.1. The molecule has 1 unspecified atom stereocenters. The lowest BCUT2D eigenvalue weighted by Crippen LogP contribution is -2.36. The molecule has 2 rings (SSSR count). The van der Waals surface area contributed by atoms with Crippen LogP contribution in [-0.2, 0) is 16.1 Å². The van der Waals surface area contributed by atoms with Crippen LogP contribution in [0.25, 0.3) is 0 Å². The van der Waals surface area contributed by atoms with Crippen LogP contribution in [0.5, 0.6) is 0 Å². The second kappa shape index (κ2) is 5.84. The summed E-state index contributed by atoms with van der Waals surface area (Å²) in [6, 6.07) is 4.00. The van der Waals surface area contributed by atoms with Crippen molar-refractivity contribution in [3.63, 3.8) is 0 Å². The molecule has 6 heteroatoms. The monoisotopic (exact) mass is 330 g/mol. The van der Waals surface area contributed by atoms with Gasteiger partial charge in [0.05, 0.1) is 16.2 Å². The Kier molecular flexibility index (Phi) is 4.40. The number of nitrogens with one attached hydrogen (secondary N) is 1. The van der Waals surface area contributed by atoms with E-state index in [1.807, 2.05) is 24.0 Å². The maximum absolute atomic E-state index is 12.3. The second-order valence-electron chi connectivity index (χ2n) is 4.26. The second-order valence-corrected chi connectivity index (χ2v) is 6.81. The van der Waals surface area contributed by atoms with Gasteiger partial charge in [-0.15, -0.1) is 11.3 Å². The fourth-order valence-corrected chi connectivity index (χ4v) is 3.51. The molecule has 1 atom stereocenters. The fourth-order valence-electron chi connectivity index (χ4n) is 2.01. The molecule has 1 aromatic rings. The van der Waals surface area contributed by atoms with E-state index in [0.717, 1.165) is 8.66 Å². The van der Waals surface area contributed by atoms with Gasteiger partial charge in [0.1, 0.15) is 0 Å². The number of carbonyl (C=O) groups is 2. The number of amides is 2. The highest BCUT2D eigenvalue weighted by Crippen LogP contribution is 2.24. The van der Waals surface area contributed by atoms with Crippen LogP contribution in [0.3, 0.4) is 0 Å². The lowest BCUT2D eigenvalue weighted by atomic mass is 10.1. The summed E-state index contributed by atoms with van der Waals surface area (Å²) < 4.78 is 1.07. The third-order valence-corrected chi connectivity index (χ3v) is 4.60. The largest absolute Gasteiger partial charge is 0.355 e. The predicted molar refractivity (Wildman–Crippen MR) is 74.2 cm³/mol. The summed E-state index contributed by atoms with van der Waals surface area (Å²) >= 11 is 5.05. The molecular formula is C12H15BrN2O2S. The van der Waals surface area contributed by atoms with E-state index in [1.165, 1.54) is 0 Å². The van der Waals surface area contributed by atoms with Crippen LogP contribution >= 0.6 is 27.3 Å². The van der Waals surface area contributed by atoms with Crippen molar-refractivity contribution < 1.29 is 9.59 Å². The summed E-state index contributed by atoms with van der Waals surface area (Å²) in [5, 5.41) is 2.71. The Morgan fingerprint density at radius 2 is 2.39 bits per heavy atom. The summed E-state index contributed by atoms with van der Waals surface area (Å²) in [6.45, 7) is 3.72. The first kappa shape index (κ1) is 13.5. The van der Waals surface area contributed by atoms with E-state index < -0.39 is 0 Å². The van der Waals surface area contributed by atoms with Crippen molar-refractivity contribution >= 4 is 39.1 Å². The molecule has 0 spiro atoms. The number of thiophene rings is 1. The molecule has 1 N–H and O–H groups in total. The Balaban J connectivity index is 1.99. The lowest BCUT2D eigenvalue weighted by molar-refractivity contribution is -0.136. The summed E-state index contributed by atoms with van der Waals surface area (Å²) in [6.07, 6.45) is 0.323. The highest BCUT2D eigenvalue weighted by Gasteiger charge is 2.30. The molecule has 98 valence electrons. The van der Waals surface area contributed by atoms with E-state index in [2.05, 4.69) is 21.2 Å². The molecule has 2 amide bonds. The Morgan fingerprint density at radius 3 is 2.89 bits per heavy atom. The third kappa shape index (κ3) is 3.11. The van der Waals surface area contributed by atoms with Gasteiger partial charge in [-0.1, -0.05) is 0 Å². The van der Waals surface area contributed by atoms with Crippen LogP contribution in [0.4, 0.5) is 0 Å². The Hall–Kier alpha value is -0.880. The number of nitrogens with zero attached hydrogens (tertiary/aromatic N) is 1. The third-order valence-electron chi connectivity index (χ3n) is 3.00. The van der Waals surface area contributed by atoms with Crippen LogP contribution in [0.2, 0.25) is 0 Å². The van der Waals surface area contributed by atoms with Crippen molar-refractivity contribution in [3.05, 3.63) is 20.8 Å². The maximum atomic E-state index is 12.3. The highest BCUT2D eigenvalue weighted by atomic mass is 79.9. The van der Waals surface area contributed by atoms with Crippen molar-refractivity contribution in [1.82, 2.24) is 10.2 Å². The van der Waals surface area contributed by atoms with Gasteiger partial charge in [0, 0.05) is 24.4 Å². The van der Waals surface area contributed by atoms with E-state index in [4.69, 9.17) is 0 Å². The van der Waals surface area contributed by atoms with Crippen LogP contribution in [0.1, 0.15) is 18.2 Å². The van der Waals surface area contributed by atoms with Gasteiger partial charge in [0.15, 0.2) is 0 Å². The average Bonchev–Trinajstić information content (AvgIpc) is 2.94. The molecule has 1 aromatic heterocycles. The Morgan fingerprint density at radius 1 is 1.61 bits per heavy atom. The number of halogens is 1. The summed E-state index contributed by atoms with van der Waals surface area (Å²) in [5.41, 5.74) is 0. The van der Waals surface area contributed by atoms with Gasteiger partial charge in [-0.05, 0) is 35.0 Å². The van der Waals surface area contributed by atoms with E-state index in [0.29, 0.717) is 26.1 Å². The van der Waals surface area contributed by atoms with Gasteiger partial charge in [0.2, 0.25) is 11.8 Å². The minimum Gasteiger partial charge on any atom is -0.355 e. The number of carbonyl (C=O) groups excluding carboxylic acids is 2. The summed E-state index contributed by atoms with van der Waals surface area (Å²) in [5.74, 6) is -0.149. The van der Waals surface area contributed by atoms with E-state index in [-0.39, 0.29) is 17.7 Å². The molecule has 0 aromatic carbocycles. The number of hydrogen-bond donors (Lipinski definition) is 1. The summed E-state index contributed by atoms with van der Waals surface area (Å²) in [7, 11) is 0. The number of hydrogen-bond acceptors (Lipinski definition) is 3. The van der Waals surface area contributed by atoms with Gasteiger partial charge >= 0.3 is 0 Å². The number of rotatable bonds is 4. The first-order chi connectivity index (χ1) is 8.60. The SMILES string of the molecule is CCN(Cc1ccc(Br)s1)C(=O)C1CNC(=O)C1. The Bertz CT molecular complexity index is 461. The molecule has 2 heterocycles. The predicted octanol–water partition coefficient (Wildman–Crippen LogP) is 2.00. The van der Waals surface area contributed by atoms with Crippen molar-refractivity contribution in [1.29, 1.82) is 0 Å². The maximum Gasteiger partial charge on any atom is 0.228 e. The molecule has 0 radical (unpaired) electrons. The van der Waals surface area contributed by atoms with Gasteiger partial charge in [-0.2, -0.15) is 0 Å². The van der Waals surface area contributed by atoms with Gasteiger partial charge < -0.3 is 10.2 Å². The molecular weight excluding hydrogens is 316 g/mol. The first-order valence-electron chi connectivity index (χ1n) is 5.90. The van der Waals surface area contributed by atoms with Gasteiger partial charge in [-0.25, -0.2) is 0 Å². The van der Waals surface area contributed by atoms with Crippen molar-refractivity contribution in [3.8, 4) is 0 Å². The molecule has 1 fully saturated rings. The minimum absolute atomic E-state index is 0.0247.